The van der Waals surface area contributed by atoms with Crippen LogP contribution in [0, 0.1) is 5.82 Å². The zero-order valence-corrected chi connectivity index (χ0v) is 14.0. The summed E-state index contributed by atoms with van der Waals surface area (Å²) in [5.41, 5.74) is 6.81. The lowest BCUT2D eigenvalue weighted by Gasteiger charge is -2.33. The normalized spacial score (nSPS) is 23.0. The second kappa shape index (κ2) is 6.43. The van der Waals surface area contributed by atoms with E-state index < -0.39 is 17.8 Å². The van der Waals surface area contributed by atoms with E-state index >= 15 is 0 Å². The van der Waals surface area contributed by atoms with E-state index in [4.69, 9.17) is 22.1 Å². The van der Waals surface area contributed by atoms with Crippen molar-refractivity contribution in [1.82, 2.24) is 4.90 Å². The maximum Gasteiger partial charge on any atom is 0.328 e. The van der Waals surface area contributed by atoms with Crippen molar-refractivity contribution < 1.29 is 18.7 Å². The molecule has 3 rings (SSSR count). The number of nitrogen functional groups attached to an aromatic ring is 1. The summed E-state index contributed by atoms with van der Waals surface area (Å²) in [4.78, 5) is 26.1. The van der Waals surface area contributed by atoms with Crippen LogP contribution in [0.4, 0.5) is 10.1 Å². The van der Waals surface area contributed by atoms with Crippen molar-refractivity contribution in [3.05, 3.63) is 34.6 Å². The maximum atomic E-state index is 14.4. The van der Waals surface area contributed by atoms with Crippen molar-refractivity contribution in [3.8, 4) is 0 Å². The van der Waals surface area contributed by atoms with E-state index in [0.717, 1.165) is 0 Å². The average Bonchev–Trinajstić information content (AvgIpc) is 2.96. The van der Waals surface area contributed by atoms with Crippen LogP contribution >= 0.6 is 11.6 Å². The number of halogens is 2. The van der Waals surface area contributed by atoms with Crippen molar-refractivity contribution in [2.75, 3.05) is 12.3 Å². The van der Waals surface area contributed by atoms with Gasteiger partial charge in [0.05, 0.1) is 11.6 Å². The number of anilines is 1. The molecule has 5 nitrogen and oxygen atoms in total. The molecule has 0 aromatic heterocycles. The highest BCUT2D eigenvalue weighted by Crippen LogP contribution is 2.39. The molecule has 2 N–H and O–H groups in total. The number of ether oxygens (including phenoxy) is 1. The van der Waals surface area contributed by atoms with Crippen molar-refractivity contribution in [1.29, 1.82) is 0 Å². The Bertz CT molecular complexity index is 735. The smallest absolute Gasteiger partial charge is 0.328 e. The molecule has 1 amide bonds. The van der Waals surface area contributed by atoms with Gasteiger partial charge in [-0.15, -0.1) is 0 Å². The molecule has 1 aromatic carbocycles. The van der Waals surface area contributed by atoms with Gasteiger partial charge in [-0.2, -0.15) is 0 Å². The number of rotatable bonds is 3. The second-order valence-corrected chi connectivity index (χ2v) is 6.35. The minimum atomic E-state index is -0.621. The Morgan fingerprint density at radius 2 is 2.21 bits per heavy atom. The molecule has 0 spiro atoms. The largest absolute Gasteiger partial charge is 0.464 e. The number of benzene rings is 1. The van der Waals surface area contributed by atoms with Crippen molar-refractivity contribution in [2.45, 2.75) is 38.3 Å². The molecule has 2 atom stereocenters. The van der Waals surface area contributed by atoms with Gasteiger partial charge < -0.3 is 15.4 Å². The van der Waals surface area contributed by atoms with Gasteiger partial charge in [0.25, 0.3) is 0 Å². The van der Waals surface area contributed by atoms with E-state index in [0.29, 0.717) is 24.8 Å². The Morgan fingerprint density at radius 1 is 1.46 bits per heavy atom. The van der Waals surface area contributed by atoms with Crippen molar-refractivity contribution >= 4 is 34.7 Å². The second-order valence-electron chi connectivity index (χ2n) is 5.94. The summed E-state index contributed by atoms with van der Waals surface area (Å²) in [6, 6.07) is 2.18. The van der Waals surface area contributed by atoms with Crippen LogP contribution in [0.1, 0.15) is 31.7 Å². The monoisotopic (exact) mass is 352 g/mol. The fourth-order valence-electron chi connectivity index (χ4n) is 3.49. The van der Waals surface area contributed by atoms with Gasteiger partial charge in [0.2, 0.25) is 5.91 Å². The third-order valence-corrected chi connectivity index (χ3v) is 4.81. The summed E-state index contributed by atoms with van der Waals surface area (Å²) in [5, 5.41) is -0.0363. The zero-order chi connectivity index (χ0) is 17.4. The lowest BCUT2D eigenvalue weighted by atomic mass is 9.92. The highest BCUT2D eigenvalue weighted by Gasteiger charge is 2.43. The summed E-state index contributed by atoms with van der Waals surface area (Å²) >= 11 is 5.84. The number of nitrogens with two attached hydrogens (primary N) is 1. The molecule has 1 saturated heterocycles. The molecule has 1 aromatic rings. The summed E-state index contributed by atoms with van der Waals surface area (Å²) in [7, 11) is 0. The Balaban J connectivity index is 1.93. The van der Waals surface area contributed by atoms with Crippen molar-refractivity contribution in [2.24, 2.45) is 0 Å². The van der Waals surface area contributed by atoms with Crippen LogP contribution in [-0.2, 0) is 14.3 Å². The number of hydrogen-bond donors (Lipinski definition) is 1. The molecule has 128 valence electrons. The number of carbonyl (C=O) groups excluding carboxylic acids is 2. The van der Waals surface area contributed by atoms with E-state index in [9.17, 15) is 14.0 Å². The van der Waals surface area contributed by atoms with Crippen LogP contribution in [0.3, 0.4) is 0 Å². The first-order valence-corrected chi connectivity index (χ1v) is 8.25. The predicted molar refractivity (Wildman–Crippen MR) is 88.7 cm³/mol. The summed E-state index contributed by atoms with van der Waals surface area (Å²) < 4.78 is 19.4. The molecular weight excluding hydrogens is 335 g/mol. The quantitative estimate of drug-likeness (QED) is 0.670. The molecule has 0 saturated carbocycles. The first-order valence-electron chi connectivity index (χ1n) is 7.87. The average molecular weight is 353 g/mol. The fraction of sp³-hybridized carbons (Fsp3) is 0.412. The van der Waals surface area contributed by atoms with Gasteiger partial charge in [-0.05, 0) is 43.9 Å². The molecule has 1 fully saturated rings. The molecule has 7 heteroatoms. The molecular formula is C17H18ClFN2O3. The number of esters is 1. The van der Waals surface area contributed by atoms with Gasteiger partial charge in [0, 0.05) is 23.4 Å². The molecule has 2 heterocycles. The lowest BCUT2D eigenvalue weighted by molar-refractivity contribution is -0.152. The zero-order valence-electron chi connectivity index (χ0n) is 13.2. The molecule has 2 aliphatic rings. The number of amides is 1. The standard InChI is InChI=1S/C17H18ClFN2O3/c1-2-24-17(23)13-6-3-10-7-9(8-14(22)21(10)13)15-12(20)5-4-11(18)16(15)19/h4-5,8,10,13H,2-3,6-7,20H2,1H3/t10?,13-/m0/s1. The first-order chi connectivity index (χ1) is 11.4. The summed E-state index contributed by atoms with van der Waals surface area (Å²) in [5.74, 6) is -1.33. The third-order valence-electron chi connectivity index (χ3n) is 4.52. The van der Waals surface area contributed by atoms with Gasteiger partial charge >= 0.3 is 5.97 Å². The van der Waals surface area contributed by atoms with E-state index in [1.807, 2.05) is 0 Å². The summed E-state index contributed by atoms with van der Waals surface area (Å²) in [6.07, 6.45) is 2.99. The van der Waals surface area contributed by atoms with Crippen LogP contribution in [0.2, 0.25) is 5.02 Å². The Labute approximate surface area is 144 Å². The molecule has 0 radical (unpaired) electrons. The number of hydrogen-bond acceptors (Lipinski definition) is 4. The molecule has 2 aliphatic heterocycles. The molecule has 0 aliphatic carbocycles. The van der Waals surface area contributed by atoms with Gasteiger partial charge in [-0.25, -0.2) is 9.18 Å². The Morgan fingerprint density at radius 3 is 2.92 bits per heavy atom. The topological polar surface area (TPSA) is 72.6 Å². The van der Waals surface area contributed by atoms with Crippen LogP contribution < -0.4 is 5.73 Å². The molecule has 0 bridgehead atoms. The summed E-state index contributed by atoms with van der Waals surface area (Å²) in [6.45, 7) is 2.00. The maximum absolute atomic E-state index is 14.4. The van der Waals surface area contributed by atoms with Crippen LogP contribution in [-0.4, -0.2) is 35.5 Å². The first kappa shape index (κ1) is 16.8. The Kier molecular flexibility index (Phi) is 4.49. The van der Waals surface area contributed by atoms with E-state index in [2.05, 4.69) is 0 Å². The Hall–Kier alpha value is -2.08. The van der Waals surface area contributed by atoms with Crippen molar-refractivity contribution in [3.63, 3.8) is 0 Å². The fourth-order valence-corrected chi connectivity index (χ4v) is 3.65. The van der Waals surface area contributed by atoms with Gasteiger partial charge in [0.15, 0.2) is 5.82 Å². The van der Waals surface area contributed by atoms with Gasteiger partial charge in [-0.3, -0.25) is 4.79 Å². The van der Waals surface area contributed by atoms with E-state index in [1.165, 1.54) is 18.2 Å². The highest BCUT2D eigenvalue weighted by atomic mass is 35.5. The SMILES string of the molecule is CCOC(=O)[C@@H]1CCC2CC(c3c(N)ccc(Cl)c3F)=CC(=O)N21. The molecule has 24 heavy (non-hydrogen) atoms. The van der Waals surface area contributed by atoms with E-state index in [1.54, 1.807) is 11.8 Å². The van der Waals surface area contributed by atoms with E-state index in [-0.39, 0.29) is 34.8 Å². The minimum absolute atomic E-state index is 0.0363. The van der Waals surface area contributed by atoms with Crippen LogP contribution in [0.5, 0.6) is 0 Å². The lowest BCUT2D eigenvalue weighted by Crippen LogP contribution is -2.46. The third kappa shape index (κ3) is 2.75. The molecule has 1 unspecified atom stereocenters. The number of nitrogens with zero attached hydrogens (tertiary/aromatic N) is 1. The van der Waals surface area contributed by atoms with Gasteiger partial charge in [-0.1, -0.05) is 11.6 Å². The number of fused-ring (bicyclic) bond motifs is 1. The minimum Gasteiger partial charge on any atom is -0.464 e. The highest BCUT2D eigenvalue weighted by molar-refractivity contribution is 6.31. The van der Waals surface area contributed by atoms with Crippen LogP contribution in [0.15, 0.2) is 18.2 Å². The van der Waals surface area contributed by atoms with Gasteiger partial charge in [0.1, 0.15) is 6.04 Å². The number of carbonyl (C=O) groups is 2. The predicted octanol–water partition coefficient (Wildman–Crippen LogP) is 2.77. The van der Waals surface area contributed by atoms with Crippen LogP contribution in [0.25, 0.3) is 5.57 Å².